The third-order valence-electron chi connectivity index (χ3n) is 3.86. The van der Waals surface area contributed by atoms with E-state index in [2.05, 4.69) is 18.7 Å². The van der Waals surface area contributed by atoms with Gasteiger partial charge in [-0.25, -0.2) is 0 Å². The van der Waals surface area contributed by atoms with Gasteiger partial charge in [-0.05, 0) is 43.8 Å². The zero-order valence-electron chi connectivity index (χ0n) is 11.0. The van der Waals surface area contributed by atoms with Gasteiger partial charge >= 0.3 is 0 Å². The van der Waals surface area contributed by atoms with Crippen LogP contribution in [0.1, 0.15) is 44.4 Å². The van der Waals surface area contributed by atoms with E-state index >= 15 is 0 Å². The molecule has 3 heteroatoms. The van der Waals surface area contributed by atoms with E-state index in [-0.39, 0.29) is 0 Å². The van der Waals surface area contributed by atoms with Crippen LogP contribution >= 0.6 is 0 Å². The van der Waals surface area contributed by atoms with Crippen LogP contribution in [-0.2, 0) is 13.1 Å². The molecule has 0 spiro atoms. The smallest absolute Gasteiger partial charge is 0.122 e. The highest BCUT2D eigenvalue weighted by molar-refractivity contribution is 5.16. The summed E-state index contributed by atoms with van der Waals surface area (Å²) in [6.07, 6.45) is 5.63. The number of hydrogen-bond donors (Lipinski definition) is 1. The zero-order valence-corrected chi connectivity index (χ0v) is 11.0. The van der Waals surface area contributed by atoms with Crippen molar-refractivity contribution in [3.63, 3.8) is 0 Å². The summed E-state index contributed by atoms with van der Waals surface area (Å²) in [6.45, 7) is 8.57. The highest BCUT2D eigenvalue weighted by Gasteiger charge is 2.23. The van der Waals surface area contributed by atoms with Crippen LogP contribution in [0.25, 0.3) is 0 Å². The monoisotopic (exact) mass is 236 g/mol. The molecule has 96 valence electrons. The van der Waals surface area contributed by atoms with E-state index in [4.69, 9.17) is 10.2 Å². The van der Waals surface area contributed by atoms with Crippen LogP contribution in [0.15, 0.2) is 16.7 Å². The van der Waals surface area contributed by atoms with Crippen molar-refractivity contribution in [2.45, 2.75) is 46.2 Å². The Bertz CT molecular complexity index is 357. The number of furan rings is 1. The maximum atomic E-state index is 5.70. The quantitative estimate of drug-likeness (QED) is 0.877. The first-order valence-electron chi connectivity index (χ1n) is 6.58. The van der Waals surface area contributed by atoms with Gasteiger partial charge < -0.3 is 10.2 Å². The van der Waals surface area contributed by atoms with Crippen molar-refractivity contribution < 1.29 is 4.42 Å². The summed E-state index contributed by atoms with van der Waals surface area (Å²) in [4.78, 5) is 2.49. The summed E-state index contributed by atoms with van der Waals surface area (Å²) in [5.74, 6) is 1.05. The summed E-state index contributed by atoms with van der Waals surface area (Å²) in [6, 6.07) is 1.98. The Balaban J connectivity index is 1.95. The lowest BCUT2D eigenvalue weighted by Crippen LogP contribution is -2.25. The predicted octanol–water partition coefficient (Wildman–Crippen LogP) is 2.75. The molecule has 0 bridgehead atoms. The maximum Gasteiger partial charge on any atom is 0.122 e. The normalized spacial score (nSPS) is 21.4. The molecular weight excluding hydrogens is 212 g/mol. The van der Waals surface area contributed by atoms with E-state index in [0.717, 1.165) is 24.4 Å². The molecule has 0 amide bonds. The molecule has 2 heterocycles. The molecular formula is C14H24N2O. The van der Waals surface area contributed by atoms with Gasteiger partial charge in [0.1, 0.15) is 5.76 Å². The summed E-state index contributed by atoms with van der Waals surface area (Å²) < 4.78 is 5.53. The van der Waals surface area contributed by atoms with Gasteiger partial charge in [0.05, 0.1) is 12.8 Å². The first-order chi connectivity index (χ1) is 8.11. The second-order valence-corrected chi connectivity index (χ2v) is 5.87. The lowest BCUT2D eigenvalue weighted by atomic mass is 9.85. The third kappa shape index (κ3) is 3.33. The minimum atomic E-state index is 0.495. The van der Waals surface area contributed by atoms with E-state index < -0.39 is 0 Å². The van der Waals surface area contributed by atoms with Crippen LogP contribution in [0.4, 0.5) is 0 Å². The number of nitrogens with two attached hydrogens (primary N) is 1. The molecule has 1 aliphatic rings. The third-order valence-corrected chi connectivity index (χ3v) is 3.86. The largest absolute Gasteiger partial charge is 0.468 e. The van der Waals surface area contributed by atoms with E-state index in [1.165, 1.54) is 25.8 Å². The predicted molar refractivity (Wildman–Crippen MR) is 69.5 cm³/mol. The Kier molecular flexibility index (Phi) is 3.89. The number of likely N-dealkylation sites (tertiary alicyclic amines) is 1. The molecule has 1 aliphatic heterocycles. The Morgan fingerprint density at radius 2 is 2.18 bits per heavy atom. The summed E-state index contributed by atoms with van der Waals surface area (Å²) >= 11 is 0. The summed E-state index contributed by atoms with van der Waals surface area (Å²) in [5, 5.41) is 0. The molecule has 2 rings (SSSR count). The molecule has 0 unspecified atom stereocenters. The Morgan fingerprint density at radius 1 is 1.35 bits per heavy atom. The van der Waals surface area contributed by atoms with E-state index in [1.54, 1.807) is 6.26 Å². The van der Waals surface area contributed by atoms with Crippen molar-refractivity contribution in [1.29, 1.82) is 0 Å². The first-order valence-corrected chi connectivity index (χ1v) is 6.58. The van der Waals surface area contributed by atoms with Gasteiger partial charge in [-0.2, -0.15) is 0 Å². The molecule has 0 radical (unpaired) electrons. The van der Waals surface area contributed by atoms with Gasteiger partial charge in [-0.15, -0.1) is 0 Å². The molecule has 1 aromatic heterocycles. The standard InChI is InChI=1S/C14H24N2O/c1-14(2)5-3-7-16(8-6-14)11-13-12(10-15)4-9-17-13/h4,9H,3,5-8,10-11,15H2,1-2H3. The fraction of sp³-hybridized carbons (Fsp3) is 0.714. The zero-order chi connectivity index (χ0) is 12.3. The Labute approximate surface area is 104 Å². The average molecular weight is 236 g/mol. The van der Waals surface area contributed by atoms with Crippen LogP contribution in [0, 0.1) is 5.41 Å². The van der Waals surface area contributed by atoms with Crippen molar-refractivity contribution in [2.75, 3.05) is 13.1 Å². The number of hydrogen-bond acceptors (Lipinski definition) is 3. The van der Waals surface area contributed by atoms with Crippen molar-refractivity contribution in [1.82, 2.24) is 4.90 Å². The number of nitrogens with zero attached hydrogens (tertiary/aromatic N) is 1. The topological polar surface area (TPSA) is 42.4 Å². The number of rotatable bonds is 3. The molecule has 0 saturated carbocycles. The second-order valence-electron chi connectivity index (χ2n) is 5.87. The Hall–Kier alpha value is -0.800. The van der Waals surface area contributed by atoms with Crippen molar-refractivity contribution in [2.24, 2.45) is 11.1 Å². The minimum absolute atomic E-state index is 0.495. The lowest BCUT2D eigenvalue weighted by molar-refractivity contribution is 0.237. The van der Waals surface area contributed by atoms with E-state index in [1.807, 2.05) is 6.07 Å². The van der Waals surface area contributed by atoms with Crippen molar-refractivity contribution >= 4 is 0 Å². The van der Waals surface area contributed by atoms with Gasteiger partial charge in [0, 0.05) is 12.1 Å². The molecule has 1 aromatic rings. The highest BCUT2D eigenvalue weighted by atomic mass is 16.3. The van der Waals surface area contributed by atoms with Gasteiger partial charge in [0.15, 0.2) is 0 Å². The van der Waals surface area contributed by atoms with Gasteiger partial charge in [-0.1, -0.05) is 13.8 Å². The van der Waals surface area contributed by atoms with Crippen LogP contribution in [0.5, 0.6) is 0 Å². The van der Waals surface area contributed by atoms with Gasteiger partial charge in [-0.3, -0.25) is 4.90 Å². The lowest BCUT2D eigenvalue weighted by Gasteiger charge is -2.23. The first kappa shape index (κ1) is 12.7. The molecule has 17 heavy (non-hydrogen) atoms. The fourth-order valence-electron chi connectivity index (χ4n) is 2.53. The fourth-order valence-corrected chi connectivity index (χ4v) is 2.53. The van der Waals surface area contributed by atoms with Crippen LogP contribution in [0.2, 0.25) is 0 Å². The molecule has 2 N–H and O–H groups in total. The van der Waals surface area contributed by atoms with Crippen molar-refractivity contribution in [3.8, 4) is 0 Å². The van der Waals surface area contributed by atoms with Crippen molar-refractivity contribution in [3.05, 3.63) is 23.7 Å². The highest BCUT2D eigenvalue weighted by Crippen LogP contribution is 2.30. The molecule has 0 atom stereocenters. The van der Waals surface area contributed by atoms with Crippen LogP contribution in [0.3, 0.4) is 0 Å². The molecule has 1 saturated heterocycles. The molecule has 0 aromatic carbocycles. The van der Waals surface area contributed by atoms with Crippen LogP contribution < -0.4 is 5.73 Å². The summed E-state index contributed by atoms with van der Waals surface area (Å²) in [5.41, 5.74) is 7.34. The maximum absolute atomic E-state index is 5.70. The van der Waals surface area contributed by atoms with E-state index in [0.29, 0.717) is 12.0 Å². The average Bonchev–Trinajstić information content (AvgIpc) is 2.65. The SMILES string of the molecule is CC1(C)CCCN(Cc2occc2CN)CC1. The molecule has 0 aliphatic carbocycles. The summed E-state index contributed by atoms with van der Waals surface area (Å²) in [7, 11) is 0. The molecule has 3 nitrogen and oxygen atoms in total. The van der Waals surface area contributed by atoms with Gasteiger partial charge in [0.25, 0.3) is 0 Å². The Morgan fingerprint density at radius 3 is 2.94 bits per heavy atom. The second kappa shape index (κ2) is 5.23. The molecule has 1 fully saturated rings. The minimum Gasteiger partial charge on any atom is -0.468 e. The van der Waals surface area contributed by atoms with Crippen LogP contribution in [-0.4, -0.2) is 18.0 Å². The van der Waals surface area contributed by atoms with Gasteiger partial charge in [0.2, 0.25) is 0 Å². The van der Waals surface area contributed by atoms with E-state index in [9.17, 15) is 0 Å².